The number of hydrogen-bond donors (Lipinski definition) is 1. The van der Waals surface area contributed by atoms with Crippen LogP contribution in [-0.4, -0.2) is 11.7 Å². The summed E-state index contributed by atoms with van der Waals surface area (Å²) in [6, 6.07) is 0. The molecule has 3 aliphatic rings. The maximum absolute atomic E-state index is 9.11. The van der Waals surface area contributed by atoms with E-state index in [2.05, 4.69) is 0 Å². The van der Waals surface area contributed by atoms with Crippen molar-refractivity contribution >= 4 is 0 Å². The van der Waals surface area contributed by atoms with Gasteiger partial charge in [-0.15, -0.1) is 0 Å². The minimum absolute atomic E-state index is 0.451. The van der Waals surface area contributed by atoms with Gasteiger partial charge in [0.05, 0.1) is 0 Å². The van der Waals surface area contributed by atoms with Crippen molar-refractivity contribution in [2.45, 2.75) is 32.1 Å². The molecule has 0 aromatic heterocycles. The largest absolute Gasteiger partial charge is 0.396 e. The van der Waals surface area contributed by atoms with Crippen LogP contribution in [0, 0.1) is 29.6 Å². The predicted molar refractivity (Wildman–Crippen MR) is 47.6 cm³/mol. The zero-order chi connectivity index (χ0) is 8.13. The second-order valence-electron chi connectivity index (χ2n) is 5.18. The lowest BCUT2D eigenvalue weighted by Gasteiger charge is -2.23. The van der Waals surface area contributed by atoms with Crippen molar-refractivity contribution in [3.05, 3.63) is 0 Å². The predicted octanol–water partition coefficient (Wildman–Crippen LogP) is 2.05. The van der Waals surface area contributed by atoms with Crippen LogP contribution in [-0.2, 0) is 0 Å². The third-order valence-electron chi connectivity index (χ3n) is 4.74. The first-order valence-electron chi connectivity index (χ1n) is 5.49. The first-order valence-corrected chi connectivity index (χ1v) is 5.49. The van der Waals surface area contributed by atoms with Gasteiger partial charge in [-0.1, -0.05) is 0 Å². The molecule has 0 unspecified atom stereocenters. The third kappa shape index (κ3) is 0.834. The molecule has 12 heavy (non-hydrogen) atoms. The van der Waals surface area contributed by atoms with Crippen LogP contribution in [0.4, 0.5) is 0 Å². The van der Waals surface area contributed by atoms with Crippen molar-refractivity contribution in [3.8, 4) is 0 Å². The van der Waals surface area contributed by atoms with Gasteiger partial charge in [0.2, 0.25) is 0 Å². The monoisotopic (exact) mass is 166 g/mol. The highest BCUT2D eigenvalue weighted by Crippen LogP contribution is 2.59. The van der Waals surface area contributed by atoms with Crippen LogP contribution in [0.15, 0.2) is 0 Å². The number of fused-ring (bicyclic) bond motifs is 5. The van der Waals surface area contributed by atoms with Gasteiger partial charge in [0.1, 0.15) is 0 Å². The molecule has 0 aromatic carbocycles. The molecular formula is C11H18O. The standard InChI is InChI=1S/C11H18O/c12-6-7-3-10-8-1-2-9(5-8)11(10)4-7/h7-12H,1-6H2/t8-,9-,10+,11+/m0/s1. The fourth-order valence-electron chi connectivity index (χ4n) is 4.28. The minimum Gasteiger partial charge on any atom is -0.396 e. The lowest BCUT2D eigenvalue weighted by molar-refractivity contribution is 0.218. The summed E-state index contributed by atoms with van der Waals surface area (Å²) < 4.78 is 0. The Morgan fingerprint density at radius 2 is 1.50 bits per heavy atom. The van der Waals surface area contributed by atoms with Crippen molar-refractivity contribution in [2.24, 2.45) is 29.6 Å². The molecule has 0 heterocycles. The van der Waals surface area contributed by atoms with Gasteiger partial charge in [-0.2, -0.15) is 0 Å². The molecule has 3 saturated carbocycles. The van der Waals surface area contributed by atoms with E-state index < -0.39 is 0 Å². The second kappa shape index (κ2) is 2.47. The van der Waals surface area contributed by atoms with Crippen LogP contribution < -0.4 is 0 Å². The Hall–Kier alpha value is -0.0400. The molecule has 0 saturated heterocycles. The summed E-state index contributed by atoms with van der Waals surface area (Å²) in [6.07, 6.45) is 7.24. The average Bonchev–Trinajstić information content (AvgIpc) is 2.75. The molecular weight excluding hydrogens is 148 g/mol. The summed E-state index contributed by atoms with van der Waals surface area (Å²) in [4.78, 5) is 0. The molecule has 3 rings (SSSR count). The van der Waals surface area contributed by atoms with Gasteiger partial charge in [0, 0.05) is 6.61 Å². The molecule has 0 spiro atoms. The smallest absolute Gasteiger partial charge is 0.0459 e. The summed E-state index contributed by atoms with van der Waals surface area (Å²) in [5, 5.41) is 9.11. The molecule has 2 bridgehead atoms. The van der Waals surface area contributed by atoms with E-state index in [0.717, 1.165) is 23.7 Å². The van der Waals surface area contributed by atoms with Gasteiger partial charge in [0.25, 0.3) is 0 Å². The summed E-state index contributed by atoms with van der Waals surface area (Å²) in [7, 11) is 0. The number of aliphatic hydroxyl groups excluding tert-OH is 1. The molecule has 1 nitrogen and oxygen atoms in total. The van der Waals surface area contributed by atoms with E-state index in [1.165, 1.54) is 32.1 Å². The molecule has 1 N–H and O–H groups in total. The lowest BCUT2D eigenvalue weighted by atomic mass is 9.82. The van der Waals surface area contributed by atoms with Crippen molar-refractivity contribution < 1.29 is 5.11 Å². The highest BCUT2D eigenvalue weighted by atomic mass is 16.3. The summed E-state index contributed by atoms with van der Waals surface area (Å²) in [5.41, 5.74) is 0. The van der Waals surface area contributed by atoms with Crippen molar-refractivity contribution in [1.29, 1.82) is 0 Å². The summed E-state index contributed by atoms with van der Waals surface area (Å²) in [6.45, 7) is 0.451. The zero-order valence-corrected chi connectivity index (χ0v) is 7.58. The highest BCUT2D eigenvalue weighted by Gasteiger charge is 2.51. The van der Waals surface area contributed by atoms with Crippen LogP contribution in [0.2, 0.25) is 0 Å². The fraction of sp³-hybridized carbons (Fsp3) is 1.00. The van der Waals surface area contributed by atoms with Gasteiger partial charge in [-0.3, -0.25) is 0 Å². The molecule has 0 aromatic rings. The Morgan fingerprint density at radius 1 is 0.917 bits per heavy atom. The summed E-state index contributed by atoms with van der Waals surface area (Å²) >= 11 is 0. The third-order valence-corrected chi connectivity index (χ3v) is 4.74. The molecule has 0 amide bonds. The van der Waals surface area contributed by atoms with Crippen molar-refractivity contribution in [2.75, 3.05) is 6.61 Å². The van der Waals surface area contributed by atoms with E-state index in [1.54, 1.807) is 0 Å². The maximum Gasteiger partial charge on any atom is 0.0459 e. The Labute approximate surface area is 74.2 Å². The molecule has 1 heteroatoms. The lowest BCUT2D eigenvalue weighted by Crippen LogP contribution is -2.15. The quantitative estimate of drug-likeness (QED) is 0.632. The number of aliphatic hydroxyl groups is 1. The molecule has 3 aliphatic carbocycles. The van der Waals surface area contributed by atoms with Crippen LogP contribution in [0.25, 0.3) is 0 Å². The molecule has 3 fully saturated rings. The SMILES string of the molecule is OCC1C[C@@H]2[C@H]3CC[C@@H](C3)[C@H]2C1. The molecule has 4 atom stereocenters. The summed E-state index contributed by atoms with van der Waals surface area (Å²) in [5.74, 6) is 4.86. The highest BCUT2D eigenvalue weighted by molar-refractivity contribution is 5.01. The minimum atomic E-state index is 0.451. The van der Waals surface area contributed by atoms with Crippen molar-refractivity contribution in [1.82, 2.24) is 0 Å². The first kappa shape index (κ1) is 7.37. The van der Waals surface area contributed by atoms with E-state index in [4.69, 9.17) is 5.11 Å². The Kier molecular flexibility index (Phi) is 1.52. The van der Waals surface area contributed by atoms with E-state index in [9.17, 15) is 0 Å². The normalized spacial score (nSPS) is 56.2. The Balaban J connectivity index is 1.78. The molecule has 0 aliphatic heterocycles. The van der Waals surface area contributed by atoms with Crippen LogP contribution in [0.3, 0.4) is 0 Å². The van der Waals surface area contributed by atoms with E-state index >= 15 is 0 Å². The first-order chi connectivity index (χ1) is 5.88. The van der Waals surface area contributed by atoms with E-state index in [1.807, 2.05) is 0 Å². The van der Waals surface area contributed by atoms with E-state index in [-0.39, 0.29) is 0 Å². The number of hydrogen-bond acceptors (Lipinski definition) is 1. The van der Waals surface area contributed by atoms with Gasteiger partial charge >= 0.3 is 0 Å². The van der Waals surface area contributed by atoms with Crippen LogP contribution in [0.5, 0.6) is 0 Å². The van der Waals surface area contributed by atoms with Crippen molar-refractivity contribution in [3.63, 3.8) is 0 Å². The zero-order valence-electron chi connectivity index (χ0n) is 7.58. The Bertz CT molecular complexity index is 171. The van der Waals surface area contributed by atoms with Crippen LogP contribution >= 0.6 is 0 Å². The topological polar surface area (TPSA) is 20.2 Å². The Morgan fingerprint density at radius 3 is 2.00 bits per heavy atom. The average molecular weight is 166 g/mol. The number of rotatable bonds is 1. The van der Waals surface area contributed by atoms with Gasteiger partial charge in [-0.25, -0.2) is 0 Å². The molecule has 68 valence electrons. The molecule has 0 radical (unpaired) electrons. The fourth-order valence-corrected chi connectivity index (χ4v) is 4.28. The van der Waals surface area contributed by atoms with Crippen LogP contribution in [0.1, 0.15) is 32.1 Å². The van der Waals surface area contributed by atoms with Gasteiger partial charge in [-0.05, 0) is 61.7 Å². The second-order valence-corrected chi connectivity index (χ2v) is 5.18. The van der Waals surface area contributed by atoms with Gasteiger partial charge < -0.3 is 5.11 Å². The van der Waals surface area contributed by atoms with Gasteiger partial charge in [0.15, 0.2) is 0 Å². The maximum atomic E-state index is 9.11. The van der Waals surface area contributed by atoms with E-state index in [0.29, 0.717) is 12.5 Å².